The summed E-state index contributed by atoms with van der Waals surface area (Å²) in [6.07, 6.45) is 3.11. The summed E-state index contributed by atoms with van der Waals surface area (Å²) >= 11 is 12.1. The standard InChI is InChI=1S/C27H33ClN6O4S/c1-18(2)26(36)33-15-13-32(14-16-33)24-21(28)7-6-8-22(24)29-27(39)30-25(35)20-17-19(34(37)38)9-10-23(20)31-11-4-3-5-12-31/h6-10,17-18H,3-5,11-16H2,1-2H3,(H2,29,30,35,39). The van der Waals surface area contributed by atoms with E-state index >= 15 is 0 Å². The maximum absolute atomic E-state index is 13.3. The van der Waals surface area contributed by atoms with Crippen LogP contribution in [0.1, 0.15) is 43.5 Å². The number of non-ortho nitro benzene ring substituents is 1. The molecule has 2 aliphatic heterocycles. The van der Waals surface area contributed by atoms with Crippen LogP contribution in [0, 0.1) is 16.0 Å². The fourth-order valence-electron chi connectivity index (χ4n) is 5.01. The van der Waals surface area contributed by atoms with Gasteiger partial charge in [0.25, 0.3) is 11.6 Å². The number of piperazine rings is 1. The monoisotopic (exact) mass is 572 g/mol. The van der Waals surface area contributed by atoms with E-state index in [4.69, 9.17) is 23.8 Å². The van der Waals surface area contributed by atoms with E-state index < -0.39 is 10.8 Å². The van der Waals surface area contributed by atoms with Crippen LogP contribution < -0.4 is 20.4 Å². The van der Waals surface area contributed by atoms with Crippen LogP contribution in [-0.2, 0) is 4.79 Å². The summed E-state index contributed by atoms with van der Waals surface area (Å²) in [4.78, 5) is 42.7. The summed E-state index contributed by atoms with van der Waals surface area (Å²) in [5.74, 6) is -0.459. The first kappa shape index (κ1) is 28.6. The van der Waals surface area contributed by atoms with Crippen LogP contribution >= 0.6 is 23.8 Å². The van der Waals surface area contributed by atoms with Gasteiger partial charge < -0.3 is 20.0 Å². The second-order valence-electron chi connectivity index (χ2n) is 10.0. The van der Waals surface area contributed by atoms with Gasteiger partial charge in [0.05, 0.1) is 32.6 Å². The summed E-state index contributed by atoms with van der Waals surface area (Å²) in [5, 5.41) is 17.8. The third kappa shape index (κ3) is 6.77. The van der Waals surface area contributed by atoms with Crippen LogP contribution in [0.3, 0.4) is 0 Å². The lowest BCUT2D eigenvalue weighted by Gasteiger charge is -2.38. The van der Waals surface area contributed by atoms with Crippen molar-refractivity contribution in [2.24, 2.45) is 5.92 Å². The Hall–Kier alpha value is -3.44. The van der Waals surface area contributed by atoms with Crippen molar-refractivity contribution in [2.75, 3.05) is 54.4 Å². The molecular weight excluding hydrogens is 540 g/mol. The Morgan fingerprint density at radius 2 is 1.69 bits per heavy atom. The minimum Gasteiger partial charge on any atom is -0.371 e. The fourth-order valence-corrected chi connectivity index (χ4v) is 5.50. The molecule has 0 spiro atoms. The van der Waals surface area contributed by atoms with Crippen LogP contribution in [0.2, 0.25) is 5.02 Å². The zero-order valence-corrected chi connectivity index (χ0v) is 23.7. The summed E-state index contributed by atoms with van der Waals surface area (Å²) < 4.78 is 0. The second kappa shape index (κ2) is 12.6. The van der Waals surface area contributed by atoms with Crippen molar-refractivity contribution in [1.29, 1.82) is 0 Å². The third-order valence-electron chi connectivity index (χ3n) is 7.00. The number of para-hydroxylation sites is 1. The molecule has 4 rings (SSSR count). The Balaban J connectivity index is 1.50. The van der Waals surface area contributed by atoms with E-state index in [1.54, 1.807) is 18.2 Å². The van der Waals surface area contributed by atoms with Gasteiger partial charge in [-0.25, -0.2) is 0 Å². The van der Waals surface area contributed by atoms with E-state index in [1.807, 2.05) is 24.8 Å². The van der Waals surface area contributed by atoms with Gasteiger partial charge in [-0.05, 0) is 49.7 Å². The largest absolute Gasteiger partial charge is 0.371 e. The number of piperidine rings is 1. The van der Waals surface area contributed by atoms with Crippen LogP contribution in [0.15, 0.2) is 36.4 Å². The van der Waals surface area contributed by atoms with Crippen molar-refractivity contribution in [3.8, 4) is 0 Å². The van der Waals surface area contributed by atoms with E-state index in [0.717, 1.165) is 38.0 Å². The van der Waals surface area contributed by atoms with Crippen molar-refractivity contribution in [1.82, 2.24) is 10.2 Å². The number of benzene rings is 2. The molecule has 12 heteroatoms. The maximum Gasteiger partial charge on any atom is 0.270 e. The van der Waals surface area contributed by atoms with E-state index in [1.165, 1.54) is 12.1 Å². The van der Waals surface area contributed by atoms with Gasteiger partial charge in [-0.2, -0.15) is 0 Å². The zero-order valence-electron chi connectivity index (χ0n) is 22.1. The van der Waals surface area contributed by atoms with Crippen molar-refractivity contribution >= 4 is 63.5 Å². The molecule has 208 valence electrons. The molecule has 2 aromatic carbocycles. The number of amides is 2. The SMILES string of the molecule is CC(C)C(=O)N1CCN(c2c(Cl)cccc2NC(=S)NC(=O)c2cc([N+](=O)[O-])ccc2N2CCCCC2)CC1. The molecule has 10 nitrogen and oxygen atoms in total. The van der Waals surface area contributed by atoms with Crippen molar-refractivity contribution < 1.29 is 14.5 Å². The highest BCUT2D eigenvalue weighted by Crippen LogP contribution is 2.35. The molecule has 0 bridgehead atoms. The molecule has 0 atom stereocenters. The molecule has 2 fully saturated rings. The lowest BCUT2D eigenvalue weighted by molar-refractivity contribution is -0.384. The number of nitrogens with one attached hydrogen (secondary N) is 2. The number of nitro benzene ring substituents is 1. The topological polar surface area (TPSA) is 111 Å². The fraction of sp³-hybridized carbons (Fsp3) is 0.444. The van der Waals surface area contributed by atoms with Gasteiger partial charge in [0.2, 0.25) is 5.91 Å². The Bertz CT molecular complexity index is 1260. The Morgan fingerprint density at radius 3 is 2.33 bits per heavy atom. The maximum atomic E-state index is 13.3. The Kier molecular flexibility index (Phi) is 9.24. The molecule has 2 aliphatic rings. The minimum absolute atomic E-state index is 0.0493. The van der Waals surface area contributed by atoms with Gasteiger partial charge in [0.15, 0.2) is 5.11 Å². The van der Waals surface area contributed by atoms with Crippen LogP contribution in [0.4, 0.5) is 22.7 Å². The average Bonchev–Trinajstić information content (AvgIpc) is 2.93. The molecule has 2 aromatic rings. The summed E-state index contributed by atoms with van der Waals surface area (Å²) in [6.45, 7) is 7.70. The molecule has 2 saturated heterocycles. The summed E-state index contributed by atoms with van der Waals surface area (Å²) in [6, 6.07) is 9.73. The highest BCUT2D eigenvalue weighted by molar-refractivity contribution is 7.80. The smallest absolute Gasteiger partial charge is 0.270 e. The second-order valence-corrected chi connectivity index (χ2v) is 10.8. The molecule has 0 aromatic heterocycles. The number of anilines is 3. The first-order valence-electron chi connectivity index (χ1n) is 13.1. The number of hydrogen-bond donors (Lipinski definition) is 2. The number of nitrogens with zero attached hydrogens (tertiary/aromatic N) is 4. The predicted octanol–water partition coefficient (Wildman–Crippen LogP) is 4.67. The van der Waals surface area contributed by atoms with Gasteiger partial charge >= 0.3 is 0 Å². The van der Waals surface area contributed by atoms with Crippen LogP contribution in [0.25, 0.3) is 0 Å². The lowest BCUT2D eigenvalue weighted by atomic mass is 10.1. The number of hydrogen-bond acceptors (Lipinski definition) is 7. The van der Waals surface area contributed by atoms with Crippen molar-refractivity contribution in [3.05, 3.63) is 57.1 Å². The first-order valence-corrected chi connectivity index (χ1v) is 13.9. The molecule has 2 heterocycles. The zero-order chi connectivity index (χ0) is 28.1. The Labute approximate surface area is 238 Å². The third-order valence-corrected chi connectivity index (χ3v) is 7.50. The number of nitro groups is 1. The van der Waals surface area contributed by atoms with Crippen LogP contribution in [0.5, 0.6) is 0 Å². The quantitative estimate of drug-likeness (QED) is 0.292. The molecule has 0 saturated carbocycles. The molecule has 2 N–H and O–H groups in total. The number of carbonyl (C=O) groups is 2. The number of thiocarbonyl (C=S) groups is 1. The normalized spacial score (nSPS) is 15.7. The summed E-state index contributed by atoms with van der Waals surface area (Å²) in [5.41, 5.74) is 2.04. The molecule has 0 aliphatic carbocycles. The number of halogens is 1. The molecule has 39 heavy (non-hydrogen) atoms. The Morgan fingerprint density at radius 1 is 1.00 bits per heavy atom. The van der Waals surface area contributed by atoms with Crippen LogP contribution in [-0.4, -0.2) is 66.0 Å². The summed E-state index contributed by atoms with van der Waals surface area (Å²) in [7, 11) is 0. The lowest BCUT2D eigenvalue weighted by Crippen LogP contribution is -2.50. The van der Waals surface area contributed by atoms with Crippen molar-refractivity contribution in [2.45, 2.75) is 33.1 Å². The molecule has 2 amide bonds. The van der Waals surface area contributed by atoms with Gasteiger partial charge in [0, 0.05) is 57.3 Å². The van der Waals surface area contributed by atoms with Gasteiger partial charge in [-0.1, -0.05) is 31.5 Å². The van der Waals surface area contributed by atoms with E-state index in [9.17, 15) is 19.7 Å². The highest BCUT2D eigenvalue weighted by Gasteiger charge is 2.26. The number of carbonyl (C=O) groups excluding carboxylic acids is 2. The number of rotatable bonds is 6. The first-order chi connectivity index (χ1) is 18.7. The van der Waals surface area contributed by atoms with E-state index in [0.29, 0.717) is 42.6 Å². The minimum atomic E-state index is -0.527. The molecule has 0 unspecified atom stereocenters. The van der Waals surface area contributed by atoms with E-state index in [-0.39, 0.29) is 28.2 Å². The molecule has 0 radical (unpaired) electrons. The highest BCUT2D eigenvalue weighted by atomic mass is 35.5. The van der Waals surface area contributed by atoms with Gasteiger partial charge in [-0.15, -0.1) is 0 Å². The van der Waals surface area contributed by atoms with Crippen molar-refractivity contribution in [3.63, 3.8) is 0 Å². The van der Waals surface area contributed by atoms with E-state index in [2.05, 4.69) is 20.4 Å². The predicted molar refractivity (Wildman–Crippen MR) is 158 cm³/mol. The average molecular weight is 573 g/mol. The van der Waals surface area contributed by atoms with Gasteiger partial charge in [0.1, 0.15) is 0 Å². The molecular formula is C27H33ClN6O4S. The van der Waals surface area contributed by atoms with Gasteiger partial charge in [-0.3, -0.25) is 25.0 Å².